The van der Waals surface area contributed by atoms with Gasteiger partial charge in [-0.05, 0) is 36.4 Å². The molecule has 2 heterocycles. The lowest BCUT2D eigenvalue weighted by Crippen LogP contribution is -2.51. The average Bonchev–Trinajstić information content (AvgIpc) is 2.95. The quantitative estimate of drug-likeness (QED) is 0.271. The van der Waals surface area contributed by atoms with Crippen molar-refractivity contribution < 1.29 is 35.9 Å². The molecular weight excluding hydrogens is 550 g/mol. The van der Waals surface area contributed by atoms with E-state index < -0.39 is 35.4 Å². The molecule has 0 unspecified atom stereocenters. The fourth-order valence-corrected chi connectivity index (χ4v) is 4.64. The fraction of sp³-hybridized carbons (Fsp3) is 0.207. The van der Waals surface area contributed by atoms with E-state index in [2.05, 4.69) is 10.3 Å². The number of fused-ring (bicyclic) bond motifs is 1. The molecule has 1 fully saturated rings. The molecule has 1 N–H and O–H groups in total. The molecule has 1 aromatic heterocycles. The summed E-state index contributed by atoms with van der Waals surface area (Å²) < 4.78 is 79.9. The topological polar surface area (TPSA) is 65.5 Å². The van der Waals surface area contributed by atoms with E-state index in [9.17, 15) is 35.9 Å². The van der Waals surface area contributed by atoms with Crippen LogP contribution in [0.4, 0.5) is 36.8 Å². The van der Waals surface area contributed by atoms with Crippen molar-refractivity contribution in [2.75, 3.05) is 31.5 Å². The van der Waals surface area contributed by atoms with Crippen LogP contribution in [0, 0.1) is 0 Å². The molecule has 5 rings (SSSR count). The summed E-state index contributed by atoms with van der Waals surface area (Å²) in [5.41, 5.74) is -1.13. The van der Waals surface area contributed by atoms with E-state index in [1.165, 1.54) is 28.0 Å². The minimum atomic E-state index is -4.69. The maximum atomic E-state index is 13.9. The summed E-state index contributed by atoms with van der Waals surface area (Å²) in [7, 11) is 0. The highest BCUT2D eigenvalue weighted by Gasteiger charge is 2.35. The number of benzene rings is 3. The van der Waals surface area contributed by atoms with Gasteiger partial charge in [-0.2, -0.15) is 26.3 Å². The first-order valence-electron chi connectivity index (χ1n) is 12.5. The number of halogens is 6. The van der Waals surface area contributed by atoms with Gasteiger partial charge in [0.1, 0.15) is 0 Å². The second-order valence-electron chi connectivity index (χ2n) is 9.41. The van der Waals surface area contributed by atoms with Crippen LogP contribution in [0.5, 0.6) is 0 Å². The van der Waals surface area contributed by atoms with E-state index >= 15 is 0 Å². The summed E-state index contributed by atoms with van der Waals surface area (Å²) in [5.74, 6) is -0.503. The maximum absolute atomic E-state index is 13.9. The number of amides is 3. The number of para-hydroxylation sites is 1. The molecule has 12 heteroatoms. The van der Waals surface area contributed by atoms with E-state index in [4.69, 9.17) is 0 Å². The third-order valence-corrected chi connectivity index (χ3v) is 6.76. The zero-order chi connectivity index (χ0) is 29.4. The lowest BCUT2D eigenvalue weighted by Gasteiger charge is -2.35. The maximum Gasteiger partial charge on any atom is 0.418 e. The zero-order valence-electron chi connectivity index (χ0n) is 21.3. The number of carbonyl (C=O) groups is 2. The Morgan fingerprint density at radius 3 is 1.98 bits per heavy atom. The Morgan fingerprint density at radius 2 is 1.37 bits per heavy atom. The lowest BCUT2D eigenvalue weighted by molar-refractivity contribution is -0.138. The Morgan fingerprint density at radius 1 is 0.732 bits per heavy atom. The summed E-state index contributed by atoms with van der Waals surface area (Å²) in [4.78, 5) is 33.5. The molecule has 6 nitrogen and oxygen atoms in total. The first kappa shape index (κ1) is 27.9. The van der Waals surface area contributed by atoms with Crippen molar-refractivity contribution in [1.82, 2.24) is 14.8 Å². The van der Waals surface area contributed by atoms with Gasteiger partial charge in [-0.25, -0.2) is 9.78 Å². The largest absolute Gasteiger partial charge is 0.418 e. The number of nitrogens with zero attached hydrogens (tertiary/aromatic N) is 3. The van der Waals surface area contributed by atoms with Crippen LogP contribution in [0.1, 0.15) is 21.5 Å². The van der Waals surface area contributed by atoms with E-state index in [1.54, 1.807) is 30.3 Å². The minimum absolute atomic E-state index is 0.0580. The van der Waals surface area contributed by atoms with Crippen molar-refractivity contribution in [3.8, 4) is 11.3 Å². The summed E-state index contributed by atoms with van der Waals surface area (Å²) in [5, 5.41) is 2.60. The third-order valence-electron chi connectivity index (χ3n) is 6.76. The first-order chi connectivity index (χ1) is 19.4. The Bertz CT molecular complexity index is 1580. The van der Waals surface area contributed by atoms with Crippen molar-refractivity contribution in [2.45, 2.75) is 12.4 Å². The number of hydrogen-bond acceptors (Lipinski definition) is 3. The molecule has 0 saturated carbocycles. The van der Waals surface area contributed by atoms with E-state index in [0.717, 1.165) is 30.3 Å². The molecular formula is C29H22F6N4O2. The normalized spacial score (nSPS) is 14.3. The second kappa shape index (κ2) is 10.8. The standard InChI is InChI=1S/C29H22F6N4O2/c30-28(31,32)19-9-11-20(12-10-19)36-27(41)39-15-13-38(14-16-39)26(40)22-17-24(18-5-2-1-3-6-18)37-25-21(22)7-4-8-23(25)29(33,34)35/h1-12,17H,13-16H2,(H,36,41). The van der Waals surface area contributed by atoms with Gasteiger partial charge in [0.05, 0.1) is 27.9 Å². The molecule has 3 amide bonds. The van der Waals surface area contributed by atoms with Gasteiger partial charge in [0, 0.05) is 42.8 Å². The van der Waals surface area contributed by atoms with Gasteiger partial charge < -0.3 is 15.1 Å². The van der Waals surface area contributed by atoms with Crippen LogP contribution in [0.2, 0.25) is 0 Å². The number of pyridine rings is 1. The highest BCUT2D eigenvalue weighted by Crippen LogP contribution is 2.37. The van der Waals surface area contributed by atoms with Crippen molar-refractivity contribution >= 4 is 28.5 Å². The van der Waals surface area contributed by atoms with Crippen molar-refractivity contribution in [3.63, 3.8) is 0 Å². The molecule has 0 aliphatic carbocycles. The Labute approximate surface area is 230 Å². The van der Waals surface area contributed by atoms with Gasteiger partial charge >= 0.3 is 18.4 Å². The average molecular weight is 573 g/mol. The van der Waals surface area contributed by atoms with Gasteiger partial charge in [0.15, 0.2) is 0 Å². The number of hydrogen-bond donors (Lipinski definition) is 1. The van der Waals surface area contributed by atoms with Crippen LogP contribution in [-0.4, -0.2) is 52.9 Å². The smallest absolute Gasteiger partial charge is 0.335 e. The van der Waals surface area contributed by atoms with Crippen LogP contribution in [-0.2, 0) is 12.4 Å². The van der Waals surface area contributed by atoms with E-state index in [-0.39, 0.29) is 54.0 Å². The fourth-order valence-electron chi connectivity index (χ4n) is 4.64. The van der Waals surface area contributed by atoms with Crippen LogP contribution < -0.4 is 5.32 Å². The number of nitrogens with one attached hydrogen (secondary N) is 1. The highest BCUT2D eigenvalue weighted by molar-refractivity contribution is 6.08. The van der Waals surface area contributed by atoms with Crippen LogP contribution >= 0.6 is 0 Å². The molecule has 41 heavy (non-hydrogen) atoms. The van der Waals surface area contributed by atoms with Crippen molar-refractivity contribution in [3.05, 3.63) is 95.6 Å². The number of alkyl halides is 6. The number of urea groups is 1. The predicted molar refractivity (Wildman–Crippen MR) is 140 cm³/mol. The van der Waals surface area contributed by atoms with Gasteiger partial charge in [-0.15, -0.1) is 0 Å². The molecule has 0 radical (unpaired) electrons. The van der Waals surface area contributed by atoms with E-state index in [1.807, 2.05) is 0 Å². The predicted octanol–water partition coefficient (Wildman–Crippen LogP) is 6.93. The highest BCUT2D eigenvalue weighted by atomic mass is 19.4. The SMILES string of the molecule is O=C(Nc1ccc(C(F)(F)F)cc1)N1CCN(C(=O)c2cc(-c3ccccc3)nc3c(C(F)(F)F)cccc23)CC1. The molecule has 3 aromatic carbocycles. The van der Waals surface area contributed by atoms with Gasteiger partial charge in [0.25, 0.3) is 5.91 Å². The summed E-state index contributed by atoms with van der Waals surface area (Å²) in [6, 6.07) is 17.1. The third kappa shape index (κ3) is 5.96. The molecule has 212 valence electrons. The lowest BCUT2D eigenvalue weighted by atomic mass is 10.00. The number of anilines is 1. The number of carbonyl (C=O) groups excluding carboxylic acids is 2. The van der Waals surface area contributed by atoms with Crippen molar-refractivity contribution in [1.29, 1.82) is 0 Å². The number of piperazine rings is 1. The van der Waals surface area contributed by atoms with Crippen LogP contribution in [0.25, 0.3) is 22.2 Å². The summed E-state index contributed by atoms with van der Waals surface area (Å²) in [6.45, 7) is 0.423. The summed E-state index contributed by atoms with van der Waals surface area (Å²) >= 11 is 0. The van der Waals surface area contributed by atoms with Crippen LogP contribution in [0.15, 0.2) is 78.9 Å². The number of aromatic nitrogens is 1. The van der Waals surface area contributed by atoms with Crippen molar-refractivity contribution in [2.24, 2.45) is 0 Å². The molecule has 1 aliphatic heterocycles. The minimum Gasteiger partial charge on any atom is -0.335 e. The molecule has 0 atom stereocenters. The molecule has 1 saturated heterocycles. The monoisotopic (exact) mass is 572 g/mol. The number of rotatable bonds is 3. The molecule has 0 bridgehead atoms. The Kier molecular flexibility index (Phi) is 7.33. The summed E-state index contributed by atoms with van der Waals surface area (Å²) in [6.07, 6.45) is -9.18. The van der Waals surface area contributed by atoms with Gasteiger partial charge in [-0.1, -0.05) is 42.5 Å². The van der Waals surface area contributed by atoms with E-state index in [0.29, 0.717) is 5.56 Å². The molecule has 4 aromatic rings. The zero-order valence-corrected chi connectivity index (χ0v) is 21.3. The molecule has 0 spiro atoms. The second-order valence-corrected chi connectivity index (χ2v) is 9.41. The Hall–Kier alpha value is -4.61. The van der Waals surface area contributed by atoms with Gasteiger partial charge in [-0.3, -0.25) is 4.79 Å². The molecule has 1 aliphatic rings. The van der Waals surface area contributed by atoms with Crippen LogP contribution in [0.3, 0.4) is 0 Å². The first-order valence-corrected chi connectivity index (χ1v) is 12.5. The van der Waals surface area contributed by atoms with Gasteiger partial charge in [0.2, 0.25) is 0 Å². The Balaban J connectivity index is 1.36.